The lowest BCUT2D eigenvalue weighted by Crippen LogP contribution is -2.12. The summed E-state index contributed by atoms with van der Waals surface area (Å²) >= 11 is 6.11. The van der Waals surface area contributed by atoms with Crippen molar-refractivity contribution in [3.63, 3.8) is 0 Å². The van der Waals surface area contributed by atoms with Gasteiger partial charge in [-0.05, 0) is 115 Å². The van der Waals surface area contributed by atoms with E-state index in [9.17, 15) is 14.4 Å². The van der Waals surface area contributed by atoms with E-state index >= 15 is 0 Å². The molecule has 0 aliphatic carbocycles. The van der Waals surface area contributed by atoms with Crippen molar-refractivity contribution in [1.82, 2.24) is 61.9 Å². The molecule has 0 fully saturated rings. The van der Waals surface area contributed by atoms with Crippen molar-refractivity contribution >= 4 is 46.4 Å². The van der Waals surface area contributed by atoms with Crippen LogP contribution in [0.5, 0.6) is 0 Å². The minimum atomic E-state index is -0.231. The molecule has 0 radical (unpaired) electrons. The molecule has 64 heavy (non-hydrogen) atoms. The summed E-state index contributed by atoms with van der Waals surface area (Å²) in [5.74, 6) is 0.942. The number of tetrazole rings is 3. The second kappa shape index (κ2) is 20.7. The number of benzene rings is 6. The van der Waals surface area contributed by atoms with Crippen molar-refractivity contribution < 1.29 is 14.4 Å². The highest BCUT2D eigenvalue weighted by molar-refractivity contribution is 6.34. The smallest absolute Gasteiger partial charge is 0.255 e. The number of H-pyrrole nitrogens is 3. The van der Waals surface area contributed by atoms with Crippen LogP contribution in [0.25, 0.3) is 34.2 Å². The molecule has 9 rings (SSSR count). The Kier molecular flexibility index (Phi) is 14.0. The Balaban J connectivity index is 0.000000144. The molecule has 19 heteroatoms. The summed E-state index contributed by atoms with van der Waals surface area (Å²) in [6.45, 7) is 5.94. The second-order valence-electron chi connectivity index (χ2n) is 14.0. The van der Waals surface area contributed by atoms with Crippen LogP contribution in [0.4, 0.5) is 17.1 Å². The fourth-order valence-corrected chi connectivity index (χ4v) is 6.04. The number of carbonyl (C=O) groups excluding carboxylic acids is 3. The zero-order chi connectivity index (χ0) is 44.8. The van der Waals surface area contributed by atoms with Crippen molar-refractivity contribution in [2.24, 2.45) is 0 Å². The Morgan fingerprint density at radius 3 is 1.06 bits per heavy atom. The molecule has 0 spiro atoms. The third-order valence-electron chi connectivity index (χ3n) is 9.24. The number of hydrogen-bond acceptors (Lipinski definition) is 12. The van der Waals surface area contributed by atoms with E-state index in [1.807, 2.05) is 75.4 Å². The van der Waals surface area contributed by atoms with E-state index in [-0.39, 0.29) is 17.7 Å². The molecule has 6 N–H and O–H groups in total. The molecular formula is C45H38ClN15O3. The van der Waals surface area contributed by atoms with E-state index in [0.717, 1.165) is 44.8 Å². The molecule has 318 valence electrons. The third-order valence-corrected chi connectivity index (χ3v) is 9.56. The summed E-state index contributed by atoms with van der Waals surface area (Å²) in [6.07, 6.45) is 0. The van der Waals surface area contributed by atoms with Crippen LogP contribution in [0, 0.1) is 20.8 Å². The monoisotopic (exact) mass is 871 g/mol. The summed E-state index contributed by atoms with van der Waals surface area (Å²) in [5, 5.41) is 50.0. The van der Waals surface area contributed by atoms with Gasteiger partial charge >= 0.3 is 0 Å². The summed E-state index contributed by atoms with van der Waals surface area (Å²) in [7, 11) is 0. The Morgan fingerprint density at radius 2 is 0.750 bits per heavy atom. The van der Waals surface area contributed by atoms with Gasteiger partial charge in [0.25, 0.3) is 17.7 Å². The fraction of sp³-hybridized carbons (Fsp3) is 0.0667. The van der Waals surface area contributed by atoms with Crippen LogP contribution < -0.4 is 16.0 Å². The molecular weight excluding hydrogens is 834 g/mol. The summed E-state index contributed by atoms with van der Waals surface area (Å²) in [4.78, 5) is 36.5. The highest BCUT2D eigenvalue weighted by Gasteiger charge is 2.12. The van der Waals surface area contributed by atoms with Gasteiger partial charge in [0.15, 0.2) is 0 Å². The first-order valence-corrected chi connectivity index (χ1v) is 19.8. The second-order valence-corrected chi connectivity index (χ2v) is 14.4. The lowest BCUT2D eigenvalue weighted by atomic mass is 10.1. The number of carbonyl (C=O) groups is 3. The highest BCUT2D eigenvalue weighted by Crippen LogP contribution is 2.24. The van der Waals surface area contributed by atoms with E-state index in [1.54, 1.807) is 84.9 Å². The molecule has 9 aromatic rings. The van der Waals surface area contributed by atoms with Gasteiger partial charge in [-0.25, -0.2) is 0 Å². The molecule has 3 amide bonds. The zero-order valence-electron chi connectivity index (χ0n) is 34.4. The Bertz CT molecular complexity index is 2780. The summed E-state index contributed by atoms with van der Waals surface area (Å²) < 4.78 is 0. The van der Waals surface area contributed by atoms with Crippen LogP contribution in [-0.4, -0.2) is 79.6 Å². The number of aromatic nitrogens is 12. The highest BCUT2D eigenvalue weighted by atomic mass is 35.5. The Labute approximate surface area is 370 Å². The van der Waals surface area contributed by atoms with Crippen molar-refractivity contribution in [3.05, 3.63) is 178 Å². The van der Waals surface area contributed by atoms with E-state index in [2.05, 4.69) is 77.8 Å². The SMILES string of the molecule is Cc1ccc(NC(=O)c2ccc(-c3nn[nH]n3)cc2)c(Cl)c1.Cc1ccc(NC(=O)c2ccc(-c3nn[nH]n3)cc2)cc1.Cc1ccc(NC(=O)c2ccc(-c3nn[nH]n3)cc2)cc1. The van der Waals surface area contributed by atoms with Crippen molar-refractivity contribution in [2.75, 3.05) is 16.0 Å². The lowest BCUT2D eigenvalue weighted by Gasteiger charge is -2.08. The molecule has 0 atom stereocenters. The molecule has 0 aliphatic heterocycles. The van der Waals surface area contributed by atoms with Crippen LogP contribution in [0.3, 0.4) is 0 Å². The molecule has 0 saturated heterocycles. The average Bonchev–Trinajstić information content (AvgIpc) is 4.16. The number of anilines is 3. The van der Waals surface area contributed by atoms with Gasteiger partial charge < -0.3 is 16.0 Å². The number of rotatable bonds is 9. The zero-order valence-corrected chi connectivity index (χ0v) is 35.2. The minimum Gasteiger partial charge on any atom is -0.322 e. The van der Waals surface area contributed by atoms with E-state index in [1.165, 1.54) is 0 Å². The summed E-state index contributed by atoms with van der Waals surface area (Å²) in [6, 6.07) is 41.8. The predicted molar refractivity (Wildman–Crippen MR) is 241 cm³/mol. The quantitative estimate of drug-likeness (QED) is 0.0809. The topological polar surface area (TPSA) is 251 Å². The van der Waals surface area contributed by atoms with Gasteiger partial charge in [0.2, 0.25) is 17.5 Å². The molecule has 3 heterocycles. The van der Waals surface area contributed by atoms with Crippen LogP contribution in [0.2, 0.25) is 5.02 Å². The van der Waals surface area contributed by atoms with Crippen LogP contribution >= 0.6 is 11.6 Å². The van der Waals surface area contributed by atoms with E-state index < -0.39 is 0 Å². The van der Waals surface area contributed by atoms with E-state index in [4.69, 9.17) is 11.6 Å². The molecule has 18 nitrogen and oxygen atoms in total. The van der Waals surface area contributed by atoms with Gasteiger partial charge in [-0.2, -0.15) is 15.6 Å². The molecule has 3 aromatic heterocycles. The van der Waals surface area contributed by atoms with Gasteiger partial charge in [0.1, 0.15) is 0 Å². The fourth-order valence-electron chi connectivity index (χ4n) is 5.76. The first kappa shape index (κ1) is 43.3. The van der Waals surface area contributed by atoms with Gasteiger partial charge in [0, 0.05) is 44.8 Å². The number of halogens is 1. The minimum absolute atomic E-state index is 0.154. The van der Waals surface area contributed by atoms with Crippen LogP contribution in [-0.2, 0) is 0 Å². The van der Waals surface area contributed by atoms with Crippen molar-refractivity contribution in [1.29, 1.82) is 0 Å². The maximum absolute atomic E-state index is 12.2. The van der Waals surface area contributed by atoms with Crippen LogP contribution in [0.15, 0.2) is 140 Å². The van der Waals surface area contributed by atoms with Gasteiger partial charge in [-0.15, -0.1) is 30.6 Å². The van der Waals surface area contributed by atoms with Crippen LogP contribution in [0.1, 0.15) is 47.8 Å². The lowest BCUT2D eigenvalue weighted by molar-refractivity contribution is 0.101. The number of nitrogens with zero attached hydrogens (tertiary/aromatic N) is 9. The first-order chi connectivity index (χ1) is 31.1. The molecule has 0 bridgehead atoms. The molecule has 0 saturated carbocycles. The Hall–Kier alpha value is -8.77. The van der Waals surface area contributed by atoms with Gasteiger partial charge in [-0.1, -0.05) is 89.5 Å². The molecule has 0 aliphatic rings. The van der Waals surface area contributed by atoms with Gasteiger partial charge in [0.05, 0.1) is 10.7 Å². The molecule has 0 unspecified atom stereocenters. The van der Waals surface area contributed by atoms with E-state index in [0.29, 0.717) is 44.9 Å². The van der Waals surface area contributed by atoms with Crippen molar-refractivity contribution in [2.45, 2.75) is 20.8 Å². The normalized spacial score (nSPS) is 10.4. The predicted octanol–water partition coefficient (Wildman–Crippen LogP) is 7.94. The van der Waals surface area contributed by atoms with Crippen molar-refractivity contribution in [3.8, 4) is 34.2 Å². The number of aromatic amines is 3. The maximum atomic E-state index is 12.2. The maximum Gasteiger partial charge on any atom is 0.255 e. The summed E-state index contributed by atoms with van der Waals surface area (Å²) in [5.41, 5.74) is 9.50. The number of nitrogens with one attached hydrogen (secondary N) is 6. The number of hydrogen-bond donors (Lipinski definition) is 6. The van der Waals surface area contributed by atoms with Gasteiger partial charge in [-0.3, -0.25) is 14.4 Å². The third kappa shape index (κ3) is 11.7. The largest absolute Gasteiger partial charge is 0.322 e. The standard InChI is InChI=1S/C15H12ClN5O.2C15H13N5O/c1-9-2-7-13(12(16)8-9)17-15(22)11-5-3-10(4-6-11)14-18-20-21-19-14;2*1-10-2-8-13(9-3-10)16-15(21)12-6-4-11(5-7-12)14-17-19-20-18-14/h2-8H,1H3,(H,17,22)(H,18,19,20,21);2*2-9H,1H3,(H,16,21)(H,17,18,19,20). The first-order valence-electron chi connectivity index (χ1n) is 19.4. The average molecular weight is 872 g/mol. The molecule has 6 aromatic carbocycles. The number of aryl methyl sites for hydroxylation is 3. The number of amides is 3. The Morgan fingerprint density at radius 1 is 0.422 bits per heavy atom.